The number of benzene rings is 3. The minimum absolute atomic E-state index is 0.00385. The predicted molar refractivity (Wildman–Crippen MR) is 377 cm³/mol. The molecule has 4 amide bonds. The van der Waals surface area contributed by atoms with Gasteiger partial charge in [-0.05, 0) is 152 Å². The summed E-state index contributed by atoms with van der Waals surface area (Å²) in [5.74, 6) is -2.88. The van der Waals surface area contributed by atoms with Crippen LogP contribution in [0, 0.1) is 41.2 Å². The number of alkyl carbamates (subject to hydrolysis) is 1. The van der Waals surface area contributed by atoms with Crippen LogP contribution in [0.1, 0.15) is 130 Å². The highest BCUT2D eigenvalue weighted by Crippen LogP contribution is 2.24. The lowest BCUT2D eigenvalue weighted by Gasteiger charge is -2.34. The first-order valence-electron chi connectivity index (χ1n) is 35.7. The summed E-state index contributed by atoms with van der Waals surface area (Å²) in [4.78, 5) is 101. The number of hydrogen-bond acceptors (Lipinski definition) is 18. The zero-order valence-corrected chi connectivity index (χ0v) is 61.2. The SMILES string of the molecule is C1COCCN1.C[C@@H](CC(=O)N1CCC[C@@H](Cc2ccc(F)cc2)C1)CN1CCOCC1.C[C@@H](CC(=O)OC(C)(C)C)C(=O)N1CCOCC1.C[C@@H](CC(=O)OC(C)(C)C)C(=O)O.Fc1ccc(C[C@@H]2CCCNC2)cc1.O=C(O)C[C@H](NC(=O)OCc1ccccc1)C(=O)N1CCOCC1. The van der Waals surface area contributed by atoms with Crippen molar-refractivity contribution in [2.24, 2.45) is 29.6 Å². The van der Waals surface area contributed by atoms with E-state index in [4.69, 9.17) is 43.4 Å². The van der Waals surface area contributed by atoms with Gasteiger partial charge in [-0.3, -0.25) is 38.5 Å². The number of amides is 4. The lowest BCUT2D eigenvalue weighted by atomic mass is 9.91. The number of halogens is 2. The molecule has 6 saturated heterocycles. The molecule has 9 rings (SSSR count). The van der Waals surface area contributed by atoms with Crippen LogP contribution in [0.25, 0.3) is 0 Å². The molecule has 0 radical (unpaired) electrons. The van der Waals surface area contributed by atoms with Gasteiger partial charge in [0.15, 0.2) is 0 Å². The number of rotatable bonds is 20. The van der Waals surface area contributed by atoms with Crippen LogP contribution in [-0.4, -0.2) is 233 Å². The Morgan fingerprint density at radius 1 is 0.545 bits per heavy atom. The standard InChI is InChI=1S/C21H31FN2O2.C16H20N2O6.C13H23NO4.C12H16FN.C9H16O4.C4H9NO/c1-17(15-23-9-11-26-12-10-23)13-21(25)24-8-2-3-19(16-24)14-18-4-6-20(22)7-5-18;19-14(20)10-13(15(21)18-6-8-23-9-7-18)17-16(22)24-11-12-4-2-1-3-5-12;1-10(9-11(15)18-13(2,3)4)12(16)14-5-7-17-8-6-14;13-12-5-3-10(4-6-12)8-11-2-1-7-14-9-11;1-6(8(11)12)5-7(10)13-9(2,3)4;1-3-6-4-2-5-1/h4-7,17,19H,2-3,8-16H2,1H3;1-5,13H,6-11H2,(H,17,22)(H,19,20);10H,5-9H2,1-4H3;3-6,11,14H,1-2,7-9H2;6H,5H2,1-4H3,(H,11,12);5H,1-4H2/t17-,19-;13-;10-;11-;6-;/m00000./s1. The van der Waals surface area contributed by atoms with E-state index in [0.717, 1.165) is 128 Å². The van der Waals surface area contributed by atoms with E-state index in [0.29, 0.717) is 70.9 Å². The molecular formula is C75H115F2N7O17. The average Bonchev–Trinajstić information content (AvgIpc) is 0.904. The molecule has 3 aromatic carbocycles. The Labute approximate surface area is 596 Å². The third kappa shape index (κ3) is 39.1. The number of piperidine rings is 2. The number of likely N-dealkylation sites (tertiary alicyclic amines) is 1. The summed E-state index contributed by atoms with van der Waals surface area (Å²) in [6, 6.07) is 21.5. The second kappa shape index (κ2) is 47.1. The quantitative estimate of drug-likeness (QED) is 0.0526. The molecule has 5 N–H and O–H groups in total. The van der Waals surface area contributed by atoms with Gasteiger partial charge in [0.25, 0.3) is 0 Å². The van der Waals surface area contributed by atoms with Crippen molar-refractivity contribution in [3.63, 3.8) is 0 Å². The van der Waals surface area contributed by atoms with E-state index >= 15 is 0 Å². The molecule has 0 spiro atoms. The Hall–Kier alpha value is -7.20. The minimum Gasteiger partial charge on any atom is -0.481 e. The second-order valence-electron chi connectivity index (χ2n) is 28.3. The molecule has 566 valence electrons. The minimum atomic E-state index is -1.18. The number of aliphatic carboxylic acids is 2. The summed E-state index contributed by atoms with van der Waals surface area (Å²) in [6.45, 7) is 32.4. The molecule has 6 aliphatic heterocycles. The van der Waals surface area contributed by atoms with Gasteiger partial charge in [-0.2, -0.15) is 0 Å². The fraction of sp³-hybridized carbons (Fsp3) is 0.653. The number of morpholine rings is 4. The van der Waals surface area contributed by atoms with Crippen molar-refractivity contribution in [1.82, 2.24) is 35.6 Å². The monoisotopic (exact) mass is 1420 g/mol. The largest absolute Gasteiger partial charge is 0.481 e. The molecule has 0 unspecified atom stereocenters. The van der Waals surface area contributed by atoms with E-state index < -0.39 is 59.5 Å². The van der Waals surface area contributed by atoms with Gasteiger partial charge in [0, 0.05) is 84.3 Å². The maximum Gasteiger partial charge on any atom is 0.408 e. The van der Waals surface area contributed by atoms with Gasteiger partial charge in [-0.15, -0.1) is 0 Å². The molecule has 6 atom stereocenters. The molecule has 26 heteroatoms. The summed E-state index contributed by atoms with van der Waals surface area (Å²) < 4.78 is 61.7. The number of esters is 2. The molecule has 6 aliphatic rings. The van der Waals surface area contributed by atoms with Crippen molar-refractivity contribution in [1.29, 1.82) is 0 Å². The lowest BCUT2D eigenvalue weighted by molar-refractivity contribution is -0.159. The number of carbonyl (C=O) groups excluding carboxylic acids is 6. The van der Waals surface area contributed by atoms with Gasteiger partial charge < -0.3 is 74.0 Å². The first-order chi connectivity index (χ1) is 48.0. The van der Waals surface area contributed by atoms with Crippen LogP contribution < -0.4 is 16.0 Å². The summed E-state index contributed by atoms with van der Waals surface area (Å²) >= 11 is 0. The molecule has 0 bridgehead atoms. The highest BCUT2D eigenvalue weighted by atomic mass is 19.1. The summed E-state index contributed by atoms with van der Waals surface area (Å²) in [6.07, 6.45) is 6.13. The molecule has 6 heterocycles. The van der Waals surface area contributed by atoms with E-state index in [1.807, 2.05) is 68.1 Å². The number of nitrogens with one attached hydrogen (secondary N) is 3. The molecule has 6 fully saturated rings. The normalized spacial score (nSPS) is 19.1. The number of carboxylic acid groups (broad SMARTS) is 2. The zero-order chi connectivity index (χ0) is 74.2. The number of hydrogen-bond donors (Lipinski definition) is 5. The molecule has 101 heavy (non-hydrogen) atoms. The van der Waals surface area contributed by atoms with E-state index in [-0.39, 0.29) is 54.8 Å². The van der Waals surface area contributed by atoms with Gasteiger partial charge in [0.1, 0.15) is 35.5 Å². The Balaban J connectivity index is 0.000000268. The Morgan fingerprint density at radius 3 is 1.50 bits per heavy atom. The summed E-state index contributed by atoms with van der Waals surface area (Å²) in [5, 5.41) is 26.4. The number of ether oxygens (including phenoxy) is 7. The first-order valence-corrected chi connectivity index (χ1v) is 35.7. The summed E-state index contributed by atoms with van der Waals surface area (Å²) in [7, 11) is 0. The number of carbonyl (C=O) groups is 8. The van der Waals surface area contributed by atoms with Crippen LogP contribution >= 0.6 is 0 Å². The number of carboxylic acids is 2. The van der Waals surface area contributed by atoms with Crippen LogP contribution in [-0.2, 0) is 86.2 Å². The van der Waals surface area contributed by atoms with Gasteiger partial charge in [-0.1, -0.05) is 75.4 Å². The molecule has 24 nitrogen and oxygen atoms in total. The van der Waals surface area contributed by atoms with Crippen LogP contribution in [0.15, 0.2) is 78.9 Å². The fourth-order valence-electron chi connectivity index (χ4n) is 11.5. The Morgan fingerprint density at radius 2 is 1.03 bits per heavy atom. The topological polar surface area (TPSA) is 291 Å². The van der Waals surface area contributed by atoms with Crippen LogP contribution in [0.2, 0.25) is 0 Å². The zero-order valence-electron chi connectivity index (χ0n) is 61.2. The van der Waals surface area contributed by atoms with Gasteiger partial charge in [0.05, 0.1) is 78.0 Å². The van der Waals surface area contributed by atoms with Gasteiger partial charge in [-0.25, -0.2) is 13.6 Å². The summed E-state index contributed by atoms with van der Waals surface area (Å²) in [5.41, 5.74) is 2.15. The van der Waals surface area contributed by atoms with Gasteiger partial charge >= 0.3 is 30.0 Å². The van der Waals surface area contributed by atoms with Crippen molar-refractivity contribution in [2.75, 3.05) is 138 Å². The maximum absolute atomic E-state index is 13.1. The molecule has 0 aromatic heterocycles. The fourth-order valence-corrected chi connectivity index (χ4v) is 11.5. The van der Waals surface area contributed by atoms with Crippen molar-refractivity contribution < 1.29 is 90.5 Å². The van der Waals surface area contributed by atoms with Crippen molar-refractivity contribution in [3.05, 3.63) is 107 Å². The van der Waals surface area contributed by atoms with E-state index in [2.05, 4.69) is 27.8 Å². The van der Waals surface area contributed by atoms with Crippen molar-refractivity contribution in [2.45, 2.75) is 150 Å². The smallest absolute Gasteiger partial charge is 0.408 e. The van der Waals surface area contributed by atoms with Crippen LogP contribution in [0.3, 0.4) is 0 Å². The van der Waals surface area contributed by atoms with Crippen molar-refractivity contribution >= 4 is 47.7 Å². The van der Waals surface area contributed by atoms with Gasteiger partial charge in [0.2, 0.25) is 17.7 Å². The third-order valence-corrected chi connectivity index (χ3v) is 16.6. The highest BCUT2D eigenvalue weighted by Gasteiger charge is 2.31. The third-order valence-electron chi connectivity index (χ3n) is 16.6. The molecular weight excluding hydrogens is 1310 g/mol. The van der Waals surface area contributed by atoms with Crippen LogP contribution in [0.4, 0.5) is 13.6 Å². The van der Waals surface area contributed by atoms with E-state index in [1.54, 1.807) is 56.9 Å². The maximum atomic E-state index is 13.1. The second-order valence-corrected chi connectivity index (χ2v) is 28.3. The van der Waals surface area contributed by atoms with E-state index in [9.17, 15) is 47.1 Å². The average molecular weight is 1420 g/mol. The Kier molecular flexibility index (Phi) is 40.2. The first kappa shape index (κ1) is 86.2. The highest BCUT2D eigenvalue weighted by molar-refractivity contribution is 5.89. The number of nitrogens with zero attached hydrogens (tertiary/aromatic N) is 4. The molecule has 3 aromatic rings. The molecule has 0 saturated carbocycles. The molecule has 0 aliphatic carbocycles. The van der Waals surface area contributed by atoms with Crippen LogP contribution in [0.5, 0.6) is 0 Å². The predicted octanol–water partition coefficient (Wildman–Crippen LogP) is 8.21. The van der Waals surface area contributed by atoms with E-state index in [1.165, 1.54) is 42.4 Å². The Bertz CT molecular complexity index is 2880. The lowest BCUT2D eigenvalue weighted by Crippen LogP contribution is -2.52. The van der Waals surface area contributed by atoms with Crippen molar-refractivity contribution in [3.8, 4) is 0 Å².